The molecule has 1 aliphatic rings. The largest absolute Gasteiger partial charge is 0.481 e. The van der Waals surface area contributed by atoms with Crippen molar-refractivity contribution in [3.63, 3.8) is 0 Å². The fraction of sp³-hybridized carbons (Fsp3) is 0.292. The van der Waals surface area contributed by atoms with Crippen LogP contribution >= 0.6 is 0 Å². The molecule has 0 fully saturated rings. The van der Waals surface area contributed by atoms with Crippen molar-refractivity contribution < 1.29 is 19.4 Å². The molecule has 2 atom stereocenters. The number of carbonyl (C=O) groups is 1. The number of aliphatic hydroxyl groups is 1. The van der Waals surface area contributed by atoms with Crippen LogP contribution < -0.4 is 0 Å². The normalized spacial score (nSPS) is 17.8. The Hall–Kier alpha value is -3.52. The summed E-state index contributed by atoms with van der Waals surface area (Å²) in [5.74, 6) is -1.21. The molecule has 5 rings (SSSR count). The number of nitrogens with zero attached hydrogens (tertiary/aromatic N) is 4. The average Bonchev–Trinajstić information content (AvgIpc) is 3.38. The van der Waals surface area contributed by atoms with E-state index >= 15 is 0 Å². The molecule has 0 saturated heterocycles. The highest BCUT2D eigenvalue weighted by Crippen LogP contribution is 2.37. The van der Waals surface area contributed by atoms with Gasteiger partial charge in [-0.2, -0.15) is 0 Å². The van der Waals surface area contributed by atoms with Gasteiger partial charge in [-0.15, -0.1) is 5.10 Å². The first kappa shape index (κ1) is 20.4. The van der Waals surface area contributed by atoms with E-state index in [4.69, 9.17) is 0 Å². The van der Waals surface area contributed by atoms with Crippen molar-refractivity contribution >= 4 is 11.5 Å². The molecule has 2 unspecified atom stereocenters. The van der Waals surface area contributed by atoms with E-state index < -0.39 is 11.6 Å². The van der Waals surface area contributed by atoms with Crippen LogP contribution in [0.2, 0.25) is 0 Å². The molecule has 8 heteroatoms. The number of benzene rings is 1. The van der Waals surface area contributed by atoms with Gasteiger partial charge in [-0.3, -0.25) is 4.79 Å². The van der Waals surface area contributed by atoms with Gasteiger partial charge >= 0.3 is 5.97 Å². The second kappa shape index (κ2) is 7.56. The lowest BCUT2D eigenvalue weighted by Crippen LogP contribution is -2.30. The summed E-state index contributed by atoms with van der Waals surface area (Å²) < 4.78 is 17.2. The standard InChI is InChI=1S/C24H23FN4O3/c1-24(32,15-5-7-16(25)8-6-15)22-14-26-27-29(22)17-9-10-18-19(13-23(30)31)20-4-2-3-11-28(20)21(18)12-17/h2-8,11,14,17,32H,9-10,12-13H2,1H3,(H,30,31). The first-order valence-corrected chi connectivity index (χ1v) is 10.6. The van der Waals surface area contributed by atoms with E-state index in [1.807, 2.05) is 24.4 Å². The lowest BCUT2D eigenvalue weighted by Gasteiger charge is -2.30. The van der Waals surface area contributed by atoms with Gasteiger partial charge in [0.05, 0.1) is 24.4 Å². The monoisotopic (exact) mass is 434 g/mol. The summed E-state index contributed by atoms with van der Waals surface area (Å²) in [7, 11) is 0. The van der Waals surface area contributed by atoms with E-state index in [1.54, 1.807) is 29.9 Å². The molecule has 2 N–H and O–H groups in total. The molecule has 164 valence electrons. The van der Waals surface area contributed by atoms with Gasteiger partial charge in [0.1, 0.15) is 11.4 Å². The third-order valence-corrected chi connectivity index (χ3v) is 6.48. The zero-order chi connectivity index (χ0) is 22.5. The van der Waals surface area contributed by atoms with Crippen LogP contribution in [0, 0.1) is 5.82 Å². The SMILES string of the molecule is CC(O)(c1ccc(F)cc1)c1cnnn1C1CCc2c(CC(=O)O)c3ccccn3c2C1. The summed E-state index contributed by atoms with van der Waals surface area (Å²) in [4.78, 5) is 11.5. The van der Waals surface area contributed by atoms with Crippen LogP contribution in [0.4, 0.5) is 4.39 Å². The second-order valence-corrected chi connectivity index (χ2v) is 8.47. The number of carboxylic acid groups (broad SMARTS) is 1. The maximum atomic E-state index is 13.4. The Morgan fingerprint density at radius 2 is 2.03 bits per heavy atom. The van der Waals surface area contributed by atoms with E-state index in [-0.39, 0.29) is 18.3 Å². The zero-order valence-corrected chi connectivity index (χ0v) is 17.6. The maximum Gasteiger partial charge on any atom is 0.307 e. The van der Waals surface area contributed by atoms with Gasteiger partial charge < -0.3 is 14.6 Å². The van der Waals surface area contributed by atoms with E-state index in [9.17, 15) is 19.4 Å². The number of halogens is 1. The fourth-order valence-corrected chi connectivity index (χ4v) is 4.89. The first-order valence-electron chi connectivity index (χ1n) is 10.6. The van der Waals surface area contributed by atoms with Crippen molar-refractivity contribution in [3.05, 3.63) is 88.8 Å². The Labute approximate surface area is 183 Å². The molecule has 3 heterocycles. The minimum absolute atomic E-state index is 0.0125. The molecule has 0 radical (unpaired) electrons. The van der Waals surface area contributed by atoms with Crippen molar-refractivity contribution in [2.75, 3.05) is 0 Å². The summed E-state index contributed by atoms with van der Waals surface area (Å²) >= 11 is 0. The van der Waals surface area contributed by atoms with Crippen LogP contribution in [0.25, 0.3) is 5.52 Å². The number of hydrogen-bond donors (Lipinski definition) is 2. The minimum Gasteiger partial charge on any atom is -0.481 e. The summed E-state index contributed by atoms with van der Waals surface area (Å²) in [6.45, 7) is 1.65. The van der Waals surface area contributed by atoms with E-state index in [0.29, 0.717) is 24.1 Å². The smallest absolute Gasteiger partial charge is 0.307 e. The Kier molecular flexibility index (Phi) is 4.82. The molecule has 0 amide bonds. The van der Waals surface area contributed by atoms with Crippen molar-refractivity contribution in [2.24, 2.45) is 0 Å². The Morgan fingerprint density at radius 1 is 1.25 bits per heavy atom. The molecule has 1 aromatic carbocycles. The zero-order valence-electron chi connectivity index (χ0n) is 17.6. The van der Waals surface area contributed by atoms with Gasteiger partial charge in [0, 0.05) is 23.8 Å². The Bertz CT molecular complexity index is 1310. The van der Waals surface area contributed by atoms with Gasteiger partial charge in [-0.05, 0) is 60.7 Å². The van der Waals surface area contributed by atoms with E-state index in [2.05, 4.69) is 14.7 Å². The molecule has 0 spiro atoms. The molecule has 7 nitrogen and oxygen atoms in total. The Balaban J connectivity index is 1.54. The molecule has 3 aromatic heterocycles. The molecule has 0 bridgehead atoms. The van der Waals surface area contributed by atoms with Gasteiger partial charge in [0.2, 0.25) is 0 Å². The van der Waals surface area contributed by atoms with Gasteiger partial charge in [0.15, 0.2) is 0 Å². The first-order chi connectivity index (χ1) is 15.4. The minimum atomic E-state index is -1.40. The fourth-order valence-electron chi connectivity index (χ4n) is 4.89. The number of hydrogen-bond acceptors (Lipinski definition) is 4. The highest BCUT2D eigenvalue weighted by molar-refractivity contribution is 5.76. The number of carboxylic acids is 1. The highest BCUT2D eigenvalue weighted by Gasteiger charge is 2.35. The Morgan fingerprint density at radius 3 is 2.78 bits per heavy atom. The van der Waals surface area contributed by atoms with Crippen molar-refractivity contribution in [1.82, 2.24) is 19.4 Å². The van der Waals surface area contributed by atoms with Crippen LogP contribution in [0.15, 0.2) is 54.9 Å². The van der Waals surface area contributed by atoms with Gasteiger partial charge in [0.25, 0.3) is 0 Å². The van der Waals surface area contributed by atoms with Crippen molar-refractivity contribution in [1.29, 1.82) is 0 Å². The lowest BCUT2D eigenvalue weighted by atomic mass is 9.88. The van der Waals surface area contributed by atoms with Crippen LogP contribution in [0.3, 0.4) is 0 Å². The summed E-state index contributed by atoms with van der Waals surface area (Å²) in [5.41, 5.74) is 3.62. The summed E-state index contributed by atoms with van der Waals surface area (Å²) in [6, 6.07) is 11.5. The lowest BCUT2D eigenvalue weighted by molar-refractivity contribution is -0.136. The molecule has 32 heavy (non-hydrogen) atoms. The predicted molar refractivity (Wildman–Crippen MR) is 115 cm³/mol. The molecule has 1 aliphatic carbocycles. The van der Waals surface area contributed by atoms with Crippen LogP contribution in [-0.4, -0.2) is 35.6 Å². The third kappa shape index (κ3) is 3.27. The highest BCUT2D eigenvalue weighted by atomic mass is 19.1. The predicted octanol–water partition coefficient (Wildman–Crippen LogP) is 3.28. The molecule has 4 aromatic rings. The topological polar surface area (TPSA) is 92.7 Å². The number of rotatable bonds is 5. The van der Waals surface area contributed by atoms with Gasteiger partial charge in [-0.25, -0.2) is 9.07 Å². The number of aromatic nitrogens is 4. The summed E-state index contributed by atoms with van der Waals surface area (Å²) in [5, 5.41) is 29.1. The van der Waals surface area contributed by atoms with Gasteiger partial charge in [-0.1, -0.05) is 23.4 Å². The number of aliphatic carboxylic acids is 1. The van der Waals surface area contributed by atoms with E-state index in [0.717, 1.165) is 28.8 Å². The third-order valence-electron chi connectivity index (χ3n) is 6.48. The van der Waals surface area contributed by atoms with E-state index in [1.165, 1.54) is 12.1 Å². The van der Waals surface area contributed by atoms with Crippen LogP contribution in [-0.2, 0) is 29.7 Å². The average molecular weight is 434 g/mol. The summed E-state index contributed by atoms with van der Waals surface area (Å²) in [6.07, 6.45) is 5.58. The molecular weight excluding hydrogens is 411 g/mol. The number of fused-ring (bicyclic) bond motifs is 3. The van der Waals surface area contributed by atoms with Crippen LogP contribution in [0.1, 0.15) is 47.5 Å². The molecule has 0 aliphatic heterocycles. The quantitative estimate of drug-likeness (QED) is 0.503. The van der Waals surface area contributed by atoms with Crippen LogP contribution in [0.5, 0.6) is 0 Å². The molecular formula is C24H23FN4O3. The molecule has 0 saturated carbocycles. The second-order valence-electron chi connectivity index (χ2n) is 8.47. The van der Waals surface area contributed by atoms with Crippen molar-refractivity contribution in [2.45, 2.75) is 44.2 Å². The maximum absolute atomic E-state index is 13.4. The van der Waals surface area contributed by atoms with Crippen molar-refractivity contribution in [3.8, 4) is 0 Å². The number of pyridine rings is 1.